The average molecular weight is 264 g/mol. The molecule has 0 atom stereocenters. The lowest BCUT2D eigenvalue weighted by molar-refractivity contribution is 0.334. The predicted molar refractivity (Wildman–Crippen MR) is 64.4 cm³/mol. The van der Waals surface area contributed by atoms with Crippen molar-refractivity contribution in [2.45, 2.75) is 0 Å². The predicted octanol–water partition coefficient (Wildman–Crippen LogP) is 3.37. The Hall–Kier alpha value is -1.32. The summed E-state index contributed by atoms with van der Waals surface area (Å²) in [7, 11) is 0. The van der Waals surface area contributed by atoms with Crippen LogP contribution in [0.2, 0.25) is 0 Å². The van der Waals surface area contributed by atoms with Crippen LogP contribution in [0.1, 0.15) is 0 Å². The molecule has 2 N–H and O–H groups in total. The van der Waals surface area contributed by atoms with Crippen molar-refractivity contribution in [2.75, 3.05) is 0 Å². The summed E-state index contributed by atoms with van der Waals surface area (Å²) >= 11 is 3.40. The summed E-state index contributed by atoms with van der Waals surface area (Å²) < 4.78 is 1.08. The van der Waals surface area contributed by atoms with Gasteiger partial charge in [-0.15, -0.1) is 0 Å². The Morgan fingerprint density at radius 2 is 1.27 bits per heavy atom. The molecule has 15 heavy (non-hydrogen) atoms. The minimum absolute atomic E-state index is 0.663. The van der Waals surface area contributed by atoms with Gasteiger partial charge in [-0.25, -0.2) is 0 Å². The van der Waals surface area contributed by atoms with Crippen LogP contribution in [-0.4, -0.2) is 0 Å². The lowest BCUT2D eigenvalue weighted by Crippen LogP contribution is -2.00. The Kier molecular flexibility index (Phi) is 3.04. The monoisotopic (exact) mass is 263 g/mol. The molecule has 0 amide bonds. The summed E-state index contributed by atoms with van der Waals surface area (Å²) in [6.45, 7) is 0. The molecule has 0 fully saturated rings. The first kappa shape index (κ1) is 10.2. The van der Waals surface area contributed by atoms with E-state index in [1.54, 1.807) is 0 Å². The number of halogens is 1. The van der Waals surface area contributed by atoms with Gasteiger partial charge in [0.2, 0.25) is 0 Å². The quantitative estimate of drug-likeness (QED) is 0.844. The van der Waals surface area contributed by atoms with Crippen LogP contribution in [0, 0.1) is 0 Å². The highest BCUT2D eigenvalue weighted by Crippen LogP contribution is 2.23. The van der Waals surface area contributed by atoms with Crippen LogP contribution < -0.4 is 10.7 Å². The van der Waals surface area contributed by atoms with E-state index in [1.165, 1.54) is 5.56 Å². The van der Waals surface area contributed by atoms with Gasteiger partial charge in [-0.3, -0.25) is 0 Å². The highest BCUT2D eigenvalue weighted by molar-refractivity contribution is 9.10. The highest BCUT2D eigenvalue weighted by atomic mass is 79.9. The van der Waals surface area contributed by atoms with E-state index in [0.29, 0.717) is 5.75 Å². The first-order chi connectivity index (χ1) is 7.29. The highest BCUT2D eigenvalue weighted by Gasteiger charge is 1.97. The maximum absolute atomic E-state index is 5.05. The van der Waals surface area contributed by atoms with E-state index in [2.05, 4.69) is 32.9 Å². The molecular weight excluding hydrogens is 254 g/mol. The fourth-order valence-electron chi connectivity index (χ4n) is 1.37. The first-order valence-electron chi connectivity index (χ1n) is 4.52. The van der Waals surface area contributed by atoms with Crippen molar-refractivity contribution in [1.82, 2.24) is 0 Å². The van der Waals surface area contributed by atoms with E-state index in [-0.39, 0.29) is 0 Å². The van der Waals surface area contributed by atoms with Crippen LogP contribution in [0.4, 0.5) is 0 Å². The van der Waals surface area contributed by atoms with Crippen LogP contribution in [0.15, 0.2) is 53.0 Å². The molecule has 0 saturated carbocycles. The Morgan fingerprint density at radius 3 is 1.73 bits per heavy atom. The number of rotatable bonds is 2. The molecule has 0 saturated heterocycles. The normalized spacial score (nSPS) is 10.0. The Morgan fingerprint density at radius 1 is 0.800 bits per heavy atom. The largest absolute Gasteiger partial charge is 0.412 e. The van der Waals surface area contributed by atoms with Crippen molar-refractivity contribution in [3.05, 3.63) is 53.0 Å². The maximum Gasteiger partial charge on any atom is 0.146 e. The zero-order valence-electron chi connectivity index (χ0n) is 7.98. The third-order valence-electron chi connectivity index (χ3n) is 2.17. The van der Waals surface area contributed by atoms with Crippen molar-refractivity contribution in [2.24, 2.45) is 5.90 Å². The zero-order chi connectivity index (χ0) is 10.7. The Balaban J connectivity index is 2.33. The summed E-state index contributed by atoms with van der Waals surface area (Å²) in [6.07, 6.45) is 0. The van der Waals surface area contributed by atoms with E-state index in [4.69, 9.17) is 5.90 Å². The number of hydrogen-bond donors (Lipinski definition) is 1. The van der Waals surface area contributed by atoms with E-state index < -0.39 is 0 Å². The van der Waals surface area contributed by atoms with Gasteiger partial charge in [0.25, 0.3) is 0 Å². The summed E-state index contributed by atoms with van der Waals surface area (Å²) in [5, 5.41) is 0. The molecule has 0 aliphatic carbocycles. The van der Waals surface area contributed by atoms with Crippen molar-refractivity contribution >= 4 is 15.9 Å². The van der Waals surface area contributed by atoms with Gasteiger partial charge < -0.3 is 4.84 Å². The molecular formula is C12H10BrNO. The van der Waals surface area contributed by atoms with Crippen LogP contribution in [0.25, 0.3) is 11.1 Å². The number of hydrogen-bond acceptors (Lipinski definition) is 2. The molecule has 2 rings (SSSR count). The van der Waals surface area contributed by atoms with Gasteiger partial charge in [0, 0.05) is 4.47 Å². The van der Waals surface area contributed by atoms with Crippen molar-refractivity contribution in [1.29, 1.82) is 0 Å². The molecule has 0 spiro atoms. The Labute approximate surface area is 96.8 Å². The molecule has 0 aromatic heterocycles. The van der Waals surface area contributed by atoms with Gasteiger partial charge in [0.15, 0.2) is 0 Å². The van der Waals surface area contributed by atoms with Crippen LogP contribution in [0.5, 0.6) is 5.75 Å². The molecule has 2 nitrogen and oxygen atoms in total. The topological polar surface area (TPSA) is 35.2 Å². The second-order valence-electron chi connectivity index (χ2n) is 3.15. The molecule has 0 radical (unpaired) electrons. The van der Waals surface area contributed by atoms with Crippen molar-refractivity contribution in [3.8, 4) is 16.9 Å². The molecule has 0 heterocycles. The molecule has 2 aromatic rings. The smallest absolute Gasteiger partial charge is 0.146 e. The lowest BCUT2D eigenvalue weighted by atomic mass is 10.1. The van der Waals surface area contributed by atoms with E-state index in [0.717, 1.165) is 10.0 Å². The van der Waals surface area contributed by atoms with E-state index >= 15 is 0 Å². The van der Waals surface area contributed by atoms with Gasteiger partial charge in [0.05, 0.1) is 0 Å². The molecule has 0 unspecified atom stereocenters. The van der Waals surface area contributed by atoms with E-state index in [9.17, 15) is 0 Å². The average Bonchev–Trinajstić information content (AvgIpc) is 2.30. The molecule has 0 aliphatic rings. The van der Waals surface area contributed by atoms with Gasteiger partial charge in [-0.05, 0) is 35.4 Å². The number of nitrogens with two attached hydrogens (primary N) is 1. The van der Waals surface area contributed by atoms with Gasteiger partial charge in [-0.2, -0.15) is 5.90 Å². The standard InChI is InChI=1S/C12H10BrNO/c13-11-5-1-9(2-6-11)10-3-7-12(15-14)8-4-10/h1-8H,14H2. The van der Waals surface area contributed by atoms with Crippen LogP contribution >= 0.6 is 15.9 Å². The molecule has 76 valence electrons. The fraction of sp³-hybridized carbons (Fsp3) is 0. The summed E-state index contributed by atoms with van der Waals surface area (Å²) in [5.74, 6) is 5.72. The minimum Gasteiger partial charge on any atom is -0.412 e. The van der Waals surface area contributed by atoms with Gasteiger partial charge in [0.1, 0.15) is 5.75 Å². The number of benzene rings is 2. The first-order valence-corrected chi connectivity index (χ1v) is 5.31. The molecule has 3 heteroatoms. The molecule has 2 aromatic carbocycles. The van der Waals surface area contributed by atoms with E-state index in [1.807, 2.05) is 36.4 Å². The summed E-state index contributed by atoms with van der Waals surface area (Å²) in [5.41, 5.74) is 2.31. The molecule has 0 aliphatic heterocycles. The second-order valence-corrected chi connectivity index (χ2v) is 4.06. The van der Waals surface area contributed by atoms with Crippen molar-refractivity contribution in [3.63, 3.8) is 0 Å². The zero-order valence-corrected chi connectivity index (χ0v) is 9.57. The Bertz CT molecular complexity index is 436. The summed E-state index contributed by atoms with van der Waals surface area (Å²) in [6, 6.07) is 15.8. The second kappa shape index (κ2) is 4.47. The van der Waals surface area contributed by atoms with Gasteiger partial charge in [-0.1, -0.05) is 40.2 Å². The lowest BCUT2D eigenvalue weighted by Gasteiger charge is -2.03. The van der Waals surface area contributed by atoms with Gasteiger partial charge >= 0.3 is 0 Å². The summed E-state index contributed by atoms with van der Waals surface area (Å²) in [4.78, 5) is 4.62. The minimum atomic E-state index is 0.663. The van der Waals surface area contributed by atoms with Crippen LogP contribution in [0.3, 0.4) is 0 Å². The third kappa shape index (κ3) is 2.37. The van der Waals surface area contributed by atoms with Crippen LogP contribution in [-0.2, 0) is 0 Å². The van der Waals surface area contributed by atoms with Crippen molar-refractivity contribution < 1.29 is 4.84 Å². The SMILES string of the molecule is NOc1ccc(-c2ccc(Br)cc2)cc1. The maximum atomic E-state index is 5.05. The molecule has 0 bridgehead atoms. The third-order valence-corrected chi connectivity index (χ3v) is 2.70. The fourth-order valence-corrected chi connectivity index (χ4v) is 1.63.